The molecular formula is C11H19NO2S. The van der Waals surface area contributed by atoms with Crippen LogP contribution in [-0.4, -0.2) is 15.3 Å². The van der Waals surface area contributed by atoms with Crippen LogP contribution in [-0.2, 0) is 16.8 Å². The minimum absolute atomic E-state index is 0.223. The Labute approximate surface area is 94.0 Å². The molecule has 1 unspecified atom stereocenters. The Bertz CT molecular complexity index is 263. The number of benzene rings is 1. The molecule has 0 fully saturated rings. The van der Waals surface area contributed by atoms with Crippen molar-refractivity contribution < 1.29 is 8.76 Å². The third kappa shape index (κ3) is 9.59. The highest BCUT2D eigenvalue weighted by atomic mass is 32.2. The van der Waals surface area contributed by atoms with E-state index >= 15 is 0 Å². The van der Waals surface area contributed by atoms with Crippen molar-refractivity contribution in [1.82, 2.24) is 0 Å². The van der Waals surface area contributed by atoms with E-state index in [1.165, 1.54) is 12.8 Å². The molecule has 1 aromatic rings. The van der Waals surface area contributed by atoms with Gasteiger partial charge in [0, 0.05) is 0 Å². The van der Waals surface area contributed by atoms with E-state index in [2.05, 4.69) is 6.92 Å². The smallest absolute Gasteiger partial charge is 0.157 e. The maximum Gasteiger partial charge on any atom is 0.157 e. The van der Waals surface area contributed by atoms with Crippen LogP contribution < -0.4 is 5.73 Å². The molecule has 0 heterocycles. The lowest BCUT2D eigenvalue weighted by atomic mass is 10.2. The molecule has 86 valence electrons. The Hall–Kier alpha value is -0.710. The molecule has 0 spiro atoms. The first-order valence-electron chi connectivity index (χ1n) is 5.02. The minimum Gasteiger partial charge on any atom is -0.330 e. The summed E-state index contributed by atoms with van der Waals surface area (Å²) >= 11 is -1.72. The molecule has 3 N–H and O–H groups in total. The Morgan fingerprint density at radius 2 is 1.93 bits per heavy atom. The van der Waals surface area contributed by atoms with Gasteiger partial charge in [-0.25, -0.2) is 4.21 Å². The second kappa shape index (κ2) is 9.83. The molecule has 0 radical (unpaired) electrons. The van der Waals surface area contributed by atoms with E-state index < -0.39 is 11.1 Å². The SMILES string of the molecule is CCCCN.O=S(O)Cc1ccccc1. The fourth-order valence-corrected chi connectivity index (χ4v) is 1.40. The monoisotopic (exact) mass is 229 g/mol. The second-order valence-corrected chi connectivity index (χ2v) is 4.03. The van der Waals surface area contributed by atoms with Crippen LogP contribution in [0.5, 0.6) is 0 Å². The summed E-state index contributed by atoms with van der Waals surface area (Å²) in [6, 6.07) is 9.23. The Morgan fingerprint density at radius 1 is 1.33 bits per heavy atom. The average Bonchev–Trinajstić information content (AvgIpc) is 2.20. The molecule has 0 aliphatic heterocycles. The van der Waals surface area contributed by atoms with Crippen molar-refractivity contribution in [2.45, 2.75) is 25.5 Å². The van der Waals surface area contributed by atoms with E-state index in [0.29, 0.717) is 0 Å². The van der Waals surface area contributed by atoms with E-state index in [9.17, 15) is 4.21 Å². The fraction of sp³-hybridized carbons (Fsp3) is 0.455. The van der Waals surface area contributed by atoms with Crippen LogP contribution in [0, 0.1) is 0 Å². The van der Waals surface area contributed by atoms with Gasteiger partial charge in [0.1, 0.15) is 0 Å². The minimum atomic E-state index is -1.72. The van der Waals surface area contributed by atoms with Crippen molar-refractivity contribution in [2.24, 2.45) is 5.73 Å². The molecule has 3 nitrogen and oxygen atoms in total. The van der Waals surface area contributed by atoms with Crippen molar-refractivity contribution in [1.29, 1.82) is 0 Å². The molecular weight excluding hydrogens is 210 g/mol. The lowest BCUT2D eigenvalue weighted by molar-refractivity contribution is 0.563. The molecule has 0 aliphatic rings. The first-order chi connectivity index (χ1) is 7.20. The Kier molecular flexibility index (Phi) is 9.36. The largest absolute Gasteiger partial charge is 0.330 e. The van der Waals surface area contributed by atoms with Crippen molar-refractivity contribution >= 4 is 11.1 Å². The van der Waals surface area contributed by atoms with Crippen molar-refractivity contribution in [3.05, 3.63) is 35.9 Å². The third-order valence-electron chi connectivity index (χ3n) is 1.69. The summed E-state index contributed by atoms with van der Waals surface area (Å²) in [5.74, 6) is 0.223. The molecule has 0 saturated carbocycles. The molecule has 15 heavy (non-hydrogen) atoms. The van der Waals surface area contributed by atoms with Gasteiger partial charge >= 0.3 is 0 Å². The number of hydrogen-bond acceptors (Lipinski definition) is 2. The summed E-state index contributed by atoms with van der Waals surface area (Å²) in [5, 5.41) is 0. The van der Waals surface area contributed by atoms with Gasteiger partial charge in [-0.05, 0) is 18.5 Å². The number of unbranched alkanes of at least 4 members (excludes halogenated alkanes) is 1. The summed E-state index contributed by atoms with van der Waals surface area (Å²) in [7, 11) is 0. The normalized spacial score (nSPS) is 11.4. The van der Waals surface area contributed by atoms with Crippen LogP contribution >= 0.6 is 0 Å². The van der Waals surface area contributed by atoms with E-state index in [1.807, 2.05) is 30.3 Å². The summed E-state index contributed by atoms with van der Waals surface area (Å²) in [6.45, 7) is 2.98. The highest BCUT2D eigenvalue weighted by Gasteiger charge is 1.93. The van der Waals surface area contributed by atoms with Crippen LogP contribution in [0.25, 0.3) is 0 Å². The van der Waals surface area contributed by atoms with Gasteiger partial charge in [0.05, 0.1) is 5.75 Å². The molecule has 1 aromatic carbocycles. The molecule has 0 aromatic heterocycles. The predicted molar refractivity (Wildman–Crippen MR) is 64.9 cm³/mol. The molecule has 0 bridgehead atoms. The van der Waals surface area contributed by atoms with Gasteiger partial charge in [-0.2, -0.15) is 0 Å². The number of hydrogen-bond donors (Lipinski definition) is 2. The van der Waals surface area contributed by atoms with Crippen LogP contribution in [0.1, 0.15) is 25.3 Å². The zero-order chi connectivity index (χ0) is 11.5. The molecule has 0 aliphatic carbocycles. The van der Waals surface area contributed by atoms with Gasteiger partial charge in [0.25, 0.3) is 0 Å². The molecule has 1 rings (SSSR count). The molecule has 4 heteroatoms. The first kappa shape index (κ1) is 14.3. The zero-order valence-electron chi connectivity index (χ0n) is 9.06. The summed E-state index contributed by atoms with van der Waals surface area (Å²) in [6.07, 6.45) is 2.39. The van der Waals surface area contributed by atoms with Gasteiger partial charge in [0.2, 0.25) is 0 Å². The number of nitrogens with two attached hydrogens (primary N) is 1. The lowest BCUT2D eigenvalue weighted by Gasteiger charge is -1.93. The quantitative estimate of drug-likeness (QED) is 0.778. The van der Waals surface area contributed by atoms with Crippen LogP contribution in [0.2, 0.25) is 0 Å². The number of rotatable bonds is 4. The van der Waals surface area contributed by atoms with Gasteiger partial charge < -0.3 is 10.3 Å². The Morgan fingerprint density at radius 3 is 2.27 bits per heavy atom. The fourth-order valence-electron chi connectivity index (χ4n) is 0.921. The molecule has 0 saturated heterocycles. The molecule has 0 amide bonds. The van der Waals surface area contributed by atoms with Gasteiger partial charge in [-0.1, -0.05) is 43.7 Å². The average molecular weight is 229 g/mol. The van der Waals surface area contributed by atoms with E-state index in [1.54, 1.807) is 0 Å². The van der Waals surface area contributed by atoms with Gasteiger partial charge in [-0.3, -0.25) is 0 Å². The Balaban J connectivity index is 0.000000336. The van der Waals surface area contributed by atoms with E-state index in [0.717, 1.165) is 12.1 Å². The van der Waals surface area contributed by atoms with Crippen molar-refractivity contribution in [2.75, 3.05) is 6.54 Å². The highest BCUT2D eigenvalue weighted by Crippen LogP contribution is 2.00. The second-order valence-electron chi connectivity index (χ2n) is 3.09. The third-order valence-corrected chi connectivity index (χ3v) is 2.27. The van der Waals surface area contributed by atoms with E-state index in [-0.39, 0.29) is 5.75 Å². The topological polar surface area (TPSA) is 63.3 Å². The first-order valence-corrected chi connectivity index (χ1v) is 6.29. The van der Waals surface area contributed by atoms with E-state index in [4.69, 9.17) is 10.3 Å². The van der Waals surface area contributed by atoms with Crippen LogP contribution in [0.4, 0.5) is 0 Å². The zero-order valence-corrected chi connectivity index (χ0v) is 9.87. The van der Waals surface area contributed by atoms with Crippen molar-refractivity contribution in [3.8, 4) is 0 Å². The summed E-state index contributed by atoms with van der Waals surface area (Å²) < 4.78 is 18.8. The summed E-state index contributed by atoms with van der Waals surface area (Å²) in [5.41, 5.74) is 6.03. The van der Waals surface area contributed by atoms with Gasteiger partial charge in [-0.15, -0.1) is 0 Å². The maximum atomic E-state index is 10.3. The highest BCUT2D eigenvalue weighted by molar-refractivity contribution is 7.78. The molecule has 1 atom stereocenters. The maximum absolute atomic E-state index is 10.3. The van der Waals surface area contributed by atoms with Crippen LogP contribution in [0.15, 0.2) is 30.3 Å². The van der Waals surface area contributed by atoms with Gasteiger partial charge in [0.15, 0.2) is 11.1 Å². The summed E-state index contributed by atoms with van der Waals surface area (Å²) in [4.78, 5) is 0. The van der Waals surface area contributed by atoms with Crippen molar-refractivity contribution in [3.63, 3.8) is 0 Å². The lowest BCUT2D eigenvalue weighted by Crippen LogP contribution is -1.95. The van der Waals surface area contributed by atoms with Crippen LogP contribution in [0.3, 0.4) is 0 Å². The predicted octanol–water partition coefficient (Wildman–Crippen LogP) is 2.15. The standard InChI is InChI=1S/C7H8O2S.C4H11N/c8-10(9)6-7-4-2-1-3-5-7;1-2-3-4-5/h1-5H,6H2,(H,8,9);2-5H2,1H3.